The summed E-state index contributed by atoms with van der Waals surface area (Å²) in [6.45, 7) is 4.39. The molecule has 0 aliphatic rings. The van der Waals surface area contributed by atoms with Gasteiger partial charge in [0, 0.05) is 44.0 Å². The lowest BCUT2D eigenvalue weighted by molar-refractivity contribution is -0.113. The molecular weight excluding hydrogens is 607 g/mol. The average Bonchev–Trinajstić information content (AvgIpc) is 3.63. The minimum atomic E-state index is -0.189. The lowest BCUT2D eigenvalue weighted by Gasteiger charge is -2.12. The number of nitrogens with zero attached hydrogens (tertiary/aromatic N) is 5. The summed E-state index contributed by atoms with van der Waals surface area (Å²) in [4.78, 5) is 22.3. The maximum absolute atomic E-state index is 12.8. The Hall–Kier alpha value is -4.02. The van der Waals surface area contributed by atoms with Gasteiger partial charge in [0.15, 0.2) is 16.1 Å². The Morgan fingerprint density at radius 2 is 1.62 bits per heavy atom. The third-order valence-corrected chi connectivity index (χ3v) is 8.58. The Bertz CT molecular complexity index is 1900. The van der Waals surface area contributed by atoms with Gasteiger partial charge in [0.25, 0.3) is 0 Å². The van der Waals surface area contributed by atoms with Crippen molar-refractivity contribution in [3.05, 3.63) is 107 Å². The maximum atomic E-state index is 12.8. The third kappa shape index (κ3) is 6.10. The third-order valence-electron chi connectivity index (χ3n) is 6.35. The second kappa shape index (κ2) is 12.5. The molecule has 0 fully saturated rings. The smallest absolute Gasteiger partial charge is 0.236 e. The lowest BCUT2D eigenvalue weighted by atomic mass is 10.0. The predicted octanol–water partition coefficient (Wildman–Crippen LogP) is 8.51. The Labute approximate surface area is 260 Å². The molecule has 0 unspecified atom stereocenters. The Morgan fingerprint density at radius 1 is 0.929 bits per heavy atom. The van der Waals surface area contributed by atoms with Gasteiger partial charge in [-0.3, -0.25) is 9.36 Å². The van der Waals surface area contributed by atoms with Gasteiger partial charge < -0.3 is 5.32 Å². The molecule has 3 aromatic carbocycles. The number of hydrogen-bond acceptors (Lipinski definition) is 7. The number of pyridine rings is 1. The highest BCUT2D eigenvalue weighted by molar-refractivity contribution is 7.99. The molecule has 7 nitrogen and oxygen atoms in total. The number of carbonyl (C=O) groups excluding carboxylic acids is 1. The van der Waals surface area contributed by atoms with E-state index in [-0.39, 0.29) is 11.7 Å². The second-order valence-electron chi connectivity index (χ2n) is 9.17. The average molecular weight is 630 g/mol. The van der Waals surface area contributed by atoms with E-state index in [4.69, 9.17) is 28.2 Å². The van der Waals surface area contributed by atoms with Crippen molar-refractivity contribution in [2.24, 2.45) is 0 Å². The minimum absolute atomic E-state index is 0.137. The van der Waals surface area contributed by atoms with E-state index in [0.717, 1.165) is 39.0 Å². The number of para-hydroxylation sites is 1. The van der Waals surface area contributed by atoms with Crippen LogP contribution in [0.3, 0.4) is 0 Å². The van der Waals surface area contributed by atoms with Crippen LogP contribution in [-0.4, -0.2) is 36.4 Å². The summed E-state index contributed by atoms with van der Waals surface area (Å²) in [5, 5.41) is 17.2. The van der Waals surface area contributed by atoms with Crippen LogP contribution in [0.15, 0.2) is 102 Å². The topological polar surface area (TPSA) is 85.6 Å². The van der Waals surface area contributed by atoms with Gasteiger partial charge in [0.1, 0.15) is 0 Å². The number of thioether (sulfide) groups is 1. The number of amides is 1. The second-order valence-corrected chi connectivity index (χ2v) is 11.8. The summed E-state index contributed by atoms with van der Waals surface area (Å²) >= 11 is 14.8. The van der Waals surface area contributed by atoms with Crippen molar-refractivity contribution >= 4 is 68.2 Å². The van der Waals surface area contributed by atoms with Gasteiger partial charge in [-0.15, -0.1) is 28.1 Å². The van der Waals surface area contributed by atoms with E-state index in [2.05, 4.69) is 27.1 Å². The van der Waals surface area contributed by atoms with Crippen LogP contribution in [0.2, 0.25) is 10.0 Å². The van der Waals surface area contributed by atoms with E-state index in [0.29, 0.717) is 32.7 Å². The Balaban J connectivity index is 1.25. The van der Waals surface area contributed by atoms with E-state index in [1.165, 1.54) is 23.1 Å². The largest absolute Gasteiger partial charge is 0.301 e. The van der Waals surface area contributed by atoms with Crippen LogP contribution in [0.1, 0.15) is 0 Å². The first kappa shape index (κ1) is 28.1. The number of fused-ring (bicyclic) bond motifs is 1. The number of allylic oxidation sites excluding steroid dienone is 1. The van der Waals surface area contributed by atoms with E-state index in [9.17, 15) is 4.79 Å². The highest BCUT2D eigenvalue weighted by Crippen LogP contribution is 2.33. The van der Waals surface area contributed by atoms with Gasteiger partial charge in [0.2, 0.25) is 5.91 Å². The predicted molar refractivity (Wildman–Crippen MR) is 173 cm³/mol. The summed E-state index contributed by atoms with van der Waals surface area (Å²) < 4.78 is 1.96. The fourth-order valence-electron chi connectivity index (χ4n) is 4.39. The molecule has 42 heavy (non-hydrogen) atoms. The quantitative estimate of drug-likeness (QED) is 0.128. The molecule has 11 heteroatoms. The van der Waals surface area contributed by atoms with Crippen molar-refractivity contribution in [2.45, 2.75) is 11.7 Å². The number of halogens is 2. The van der Waals surface area contributed by atoms with Crippen molar-refractivity contribution in [1.82, 2.24) is 24.7 Å². The number of rotatable bonds is 9. The summed E-state index contributed by atoms with van der Waals surface area (Å²) in [6.07, 6.45) is 1.79. The highest BCUT2D eigenvalue weighted by Gasteiger charge is 2.19. The molecule has 0 atom stereocenters. The highest BCUT2D eigenvalue weighted by atomic mass is 35.5. The van der Waals surface area contributed by atoms with E-state index < -0.39 is 0 Å². The Morgan fingerprint density at radius 3 is 2.33 bits per heavy atom. The summed E-state index contributed by atoms with van der Waals surface area (Å²) in [5.74, 6) is 0.614. The molecule has 0 aliphatic heterocycles. The van der Waals surface area contributed by atoms with Gasteiger partial charge in [-0.25, -0.2) is 9.97 Å². The van der Waals surface area contributed by atoms with Crippen molar-refractivity contribution in [3.8, 4) is 33.9 Å². The van der Waals surface area contributed by atoms with E-state index in [1.807, 2.05) is 88.8 Å². The molecule has 0 spiro atoms. The first-order valence-corrected chi connectivity index (χ1v) is 15.4. The van der Waals surface area contributed by atoms with Crippen molar-refractivity contribution in [1.29, 1.82) is 0 Å². The molecule has 3 heterocycles. The zero-order valence-corrected chi connectivity index (χ0v) is 25.1. The van der Waals surface area contributed by atoms with Crippen LogP contribution >= 0.6 is 46.3 Å². The van der Waals surface area contributed by atoms with Crippen LogP contribution in [0.5, 0.6) is 0 Å². The molecule has 0 saturated carbocycles. The van der Waals surface area contributed by atoms with Crippen molar-refractivity contribution in [2.75, 3.05) is 11.1 Å². The summed E-state index contributed by atoms with van der Waals surface area (Å²) in [7, 11) is 0. The zero-order valence-electron chi connectivity index (χ0n) is 22.0. The SMILES string of the molecule is C=CCn1c(SCC(=O)Nc2nc(-c3ccc(Cl)cc3)cs2)nnc1-c1cc(-c2ccc(Cl)cc2)nc2ccccc12. The number of carbonyl (C=O) groups is 1. The van der Waals surface area contributed by atoms with Gasteiger partial charge in [-0.05, 0) is 36.4 Å². The number of hydrogen-bond donors (Lipinski definition) is 1. The number of thiazole rings is 1. The molecule has 0 saturated heterocycles. The van der Waals surface area contributed by atoms with Crippen molar-refractivity contribution < 1.29 is 4.79 Å². The number of anilines is 1. The molecule has 1 N–H and O–H groups in total. The van der Waals surface area contributed by atoms with Crippen LogP contribution in [0.4, 0.5) is 5.13 Å². The molecule has 0 bridgehead atoms. The van der Waals surface area contributed by atoms with Gasteiger partial charge in [-0.1, -0.05) is 83.5 Å². The maximum Gasteiger partial charge on any atom is 0.236 e. The standard InChI is InChI=1S/C31H22Cl2N6OS2/c1-2-15-39-29(24-16-26(19-7-11-21(32)12-8-19)34-25-6-4-3-5-23(24)25)37-38-31(39)42-18-28(40)36-30-35-27(17-41-30)20-9-13-22(33)14-10-20/h2-14,16-17H,1,15,18H2,(H,35,36,40). The van der Waals surface area contributed by atoms with Crippen LogP contribution in [-0.2, 0) is 11.3 Å². The molecular formula is C31H22Cl2N6OS2. The van der Waals surface area contributed by atoms with Gasteiger partial charge in [0.05, 0.1) is 22.7 Å². The molecule has 6 rings (SSSR count). The van der Waals surface area contributed by atoms with Crippen LogP contribution in [0.25, 0.3) is 44.8 Å². The van der Waals surface area contributed by atoms with Gasteiger partial charge >= 0.3 is 0 Å². The van der Waals surface area contributed by atoms with Crippen LogP contribution < -0.4 is 5.32 Å². The fourth-order valence-corrected chi connectivity index (χ4v) is 6.12. The van der Waals surface area contributed by atoms with E-state index in [1.54, 1.807) is 6.08 Å². The molecule has 0 radical (unpaired) electrons. The molecule has 1 amide bonds. The minimum Gasteiger partial charge on any atom is -0.301 e. The van der Waals surface area contributed by atoms with Crippen molar-refractivity contribution in [3.63, 3.8) is 0 Å². The summed E-state index contributed by atoms with van der Waals surface area (Å²) in [6, 6.07) is 24.9. The first-order chi connectivity index (χ1) is 20.5. The van der Waals surface area contributed by atoms with Gasteiger partial charge in [-0.2, -0.15) is 0 Å². The summed E-state index contributed by atoms with van der Waals surface area (Å²) in [5.41, 5.74) is 5.16. The number of nitrogens with one attached hydrogen (secondary N) is 1. The van der Waals surface area contributed by atoms with E-state index >= 15 is 0 Å². The molecule has 208 valence electrons. The molecule has 0 aliphatic carbocycles. The molecule has 3 aromatic heterocycles. The number of benzene rings is 3. The number of aromatic nitrogens is 5. The van der Waals surface area contributed by atoms with Crippen LogP contribution in [0, 0.1) is 0 Å². The zero-order chi connectivity index (χ0) is 29.1. The Kier molecular flexibility index (Phi) is 8.34. The first-order valence-electron chi connectivity index (χ1n) is 12.8. The monoisotopic (exact) mass is 628 g/mol. The fraction of sp³-hybridized carbons (Fsp3) is 0.0645. The molecule has 6 aromatic rings. The normalized spacial score (nSPS) is 11.1. The lowest BCUT2D eigenvalue weighted by Crippen LogP contribution is -2.14.